The molecule has 2 heterocycles. The normalized spacial score (nSPS) is 10.5. The Hall–Kier alpha value is -2.39. The first-order chi connectivity index (χ1) is 9.81. The summed E-state index contributed by atoms with van der Waals surface area (Å²) in [6.45, 7) is 2.06. The van der Waals surface area contributed by atoms with Gasteiger partial charge in [0, 0.05) is 4.98 Å². The van der Waals surface area contributed by atoms with Crippen LogP contribution in [0.25, 0.3) is 6.01 Å². The van der Waals surface area contributed by atoms with Crippen molar-refractivity contribution in [2.24, 2.45) is 0 Å². The molecule has 0 amide bonds. The molecule has 0 saturated heterocycles. The van der Waals surface area contributed by atoms with Crippen LogP contribution in [0, 0.1) is 0 Å². The number of carbonyl (C=O) groups excluding carboxylic acids is 1. The van der Waals surface area contributed by atoms with Crippen LogP contribution in [0.3, 0.4) is 0 Å². The minimum atomic E-state index is -6.00. The Labute approximate surface area is 117 Å². The van der Waals surface area contributed by atoms with Crippen LogP contribution in [0.15, 0.2) is 41.3 Å². The fraction of sp³-hybridized carbons (Fsp3) is 0.182. The number of halogens is 4. The van der Waals surface area contributed by atoms with Gasteiger partial charge in [-0.1, -0.05) is 6.07 Å². The van der Waals surface area contributed by atoms with Crippen molar-refractivity contribution in [3.05, 3.63) is 42.5 Å². The van der Waals surface area contributed by atoms with Gasteiger partial charge in [0.1, 0.15) is 0 Å². The molecule has 0 aliphatic rings. The van der Waals surface area contributed by atoms with Crippen molar-refractivity contribution >= 4 is 13.2 Å². The van der Waals surface area contributed by atoms with Crippen molar-refractivity contribution in [2.45, 2.75) is 6.92 Å². The Balaban J connectivity index is 0.000000383. The summed E-state index contributed by atoms with van der Waals surface area (Å²) in [4.78, 5) is 15.4. The average molecular weight is 306 g/mol. The highest BCUT2D eigenvalue weighted by molar-refractivity contribution is 6.50. The molecular formula is C11H11BF4N2O3. The van der Waals surface area contributed by atoms with E-state index in [9.17, 15) is 22.1 Å². The van der Waals surface area contributed by atoms with Crippen LogP contribution in [0.4, 0.5) is 17.3 Å². The van der Waals surface area contributed by atoms with Crippen molar-refractivity contribution in [3.63, 3.8) is 0 Å². The van der Waals surface area contributed by atoms with Gasteiger partial charge >= 0.3 is 19.2 Å². The van der Waals surface area contributed by atoms with E-state index in [0.717, 1.165) is 0 Å². The summed E-state index contributed by atoms with van der Waals surface area (Å²) < 4.78 is 50.6. The molecule has 2 aromatic rings. The van der Waals surface area contributed by atoms with Gasteiger partial charge in [0.15, 0.2) is 6.26 Å². The smallest absolute Gasteiger partial charge is 0.460 e. The molecule has 0 bridgehead atoms. The summed E-state index contributed by atoms with van der Waals surface area (Å²) >= 11 is 0. The first kappa shape index (κ1) is 16.7. The lowest BCUT2D eigenvalue weighted by molar-refractivity contribution is -0.613. The summed E-state index contributed by atoms with van der Waals surface area (Å²) in [5.74, 6) is -0.478. The second kappa shape index (κ2) is 7.41. The second-order valence-electron chi connectivity index (χ2n) is 3.51. The van der Waals surface area contributed by atoms with Crippen LogP contribution in [0.5, 0.6) is 0 Å². The van der Waals surface area contributed by atoms with Crippen molar-refractivity contribution in [3.8, 4) is 6.01 Å². The number of oxazole rings is 1. The van der Waals surface area contributed by atoms with Crippen LogP contribution in [-0.2, 0) is 4.74 Å². The number of nitrogens with zero attached hydrogens (tertiary/aromatic N) is 2. The van der Waals surface area contributed by atoms with Gasteiger partial charge in [-0.05, 0) is 19.1 Å². The molecule has 5 nitrogen and oxygen atoms in total. The molecule has 0 spiro atoms. The van der Waals surface area contributed by atoms with E-state index in [1.807, 2.05) is 18.2 Å². The molecule has 10 heteroatoms. The van der Waals surface area contributed by atoms with Gasteiger partial charge in [-0.15, -0.1) is 0 Å². The third-order valence-electron chi connectivity index (χ3n) is 1.91. The van der Waals surface area contributed by atoms with E-state index in [2.05, 4.69) is 4.98 Å². The number of carbonyl (C=O) groups is 1. The molecule has 2 aromatic heterocycles. The van der Waals surface area contributed by atoms with Crippen LogP contribution in [-0.4, -0.2) is 24.8 Å². The van der Waals surface area contributed by atoms with E-state index in [1.54, 1.807) is 23.9 Å². The molecule has 0 fully saturated rings. The summed E-state index contributed by atoms with van der Waals surface area (Å²) in [5.41, 5.74) is 0.174. The third kappa shape index (κ3) is 6.55. The zero-order valence-corrected chi connectivity index (χ0v) is 10.9. The van der Waals surface area contributed by atoms with Gasteiger partial charge in [0.2, 0.25) is 0 Å². The minimum absolute atomic E-state index is 0.174. The molecule has 0 aliphatic carbocycles. The summed E-state index contributed by atoms with van der Waals surface area (Å²) in [7, 11) is -6.00. The SMILES string of the molecule is CCOC(=O)c1coc(-[n+]2ccccc2)n1.F[B-](F)(F)F. The molecule has 0 saturated carbocycles. The zero-order chi connectivity index (χ0) is 15.9. The second-order valence-corrected chi connectivity index (χ2v) is 3.51. The highest BCUT2D eigenvalue weighted by Gasteiger charge is 2.22. The molecule has 0 atom stereocenters. The molecule has 114 valence electrons. The van der Waals surface area contributed by atoms with Gasteiger partial charge < -0.3 is 26.4 Å². The van der Waals surface area contributed by atoms with Gasteiger partial charge in [-0.2, -0.15) is 4.57 Å². The van der Waals surface area contributed by atoms with Crippen LogP contribution in [0.1, 0.15) is 17.4 Å². The quantitative estimate of drug-likeness (QED) is 0.378. The van der Waals surface area contributed by atoms with Gasteiger partial charge in [-0.3, -0.25) is 0 Å². The topological polar surface area (TPSA) is 56.2 Å². The van der Waals surface area contributed by atoms with Crippen LogP contribution in [0.2, 0.25) is 0 Å². The number of pyridine rings is 1. The lowest BCUT2D eigenvalue weighted by Gasteiger charge is -1.94. The fourth-order valence-electron chi connectivity index (χ4n) is 1.21. The molecule has 0 unspecified atom stereocenters. The van der Waals surface area contributed by atoms with Crippen molar-refractivity contribution in [2.75, 3.05) is 6.61 Å². The minimum Gasteiger partial charge on any atom is -0.460 e. The molecular weight excluding hydrogens is 295 g/mol. The van der Waals surface area contributed by atoms with Crippen LogP contribution < -0.4 is 4.57 Å². The summed E-state index contributed by atoms with van der Waals surface area (Å²) in [5, 5.41) is 0. The number of ether oxygens (including phenoxy) is 1. The predicted molar refractivity (Wildman–Crippen MR) is 64.2 cm³/mol. The standard InChI is InChI=1S/C11H11N2O3.BF4/c1-2-15-10(14)9-8-16-11(12-9)13-6-4-3-5-7-13;2-1(3,4)5/h3-8H,2H2,1H3;/q+1;-1. The monoisotopic (exact) mass is 306 g/mol. The predicted octanol–water partition coefficient (Wildman–Crippen LogP) is 2.43. The van der Waals surface area contributed by atoms with E-state index in [0.29, 0.717) is 12.6 Å². The fourth-order valence-corrected chi connectivity index (χ4v) is 1.21. The first-order valence-corrected chi connectivity index (χ1v) is 5.78. The maximum atomic E-state index is 11.3. The molecule has 0 radical (unpaired) electrons. The number of esters is 1. The summed E-state index contributed by atoms with van der Waals surface area (Å²) in [6.07, 6.45) is 4.84. The highest BCUT2D eigenvalue weighted by Crippen LogP contribution is 2.06. The van der Waals surface area contributed by atoms with Gasteiger partial charge in [0.25, 0.3) is 5.69 Å². The third-order valence-corrected chi connectivity index (χ3v) is 1.91. The Morgan fingerprint density at radius 3 is 2.38 bits per heavy atom. The van der Waals surface area contributed by atoms with Crippen molar-refractivity contribution in [1.29, 1.82) is 0 Å². The maximum Gasteiger partial charge on any atom is 0.673 e. The van der Waals surface area contributed by atoms with E-state index in [4.69, 9.17) is 9.15 Å². The molecule has 0 aliphatic heterocycles. The van der Waals surface area contributed by atoms with Crippen molar-refractivity contribution < 1.29 is 35.8 Å². The Morgan fingerprint density at radius 2 is 1.86 bits per heavy atom. The Bertz CT molecular complexity index is 568. The van der Waals surface area contributed by atoms with E-state index in [-0.39, 0.29) is 5.69 Å². The zero-order valence-electron chi connectivity index (χ0n) is 10.9. The highest BCUT2D eigenvalue weighted by atomic mass is 19.5. The van der Waals surface area contributed by atoms with Crippen LogP contribution >= 0.6 is 0 Å². The number of rotatable bonds is 3. The van der Waals surface area contributed by atoms with Crippen molar-refractivity contribution in [1.82, 2.24) is 4.98 Å². The van der Waals surface area contributed by atoms with E-state index >= 15 is 0 Å². The van der Waals surface area contributed by atoms with E-state index < -0.39 is 13.2 Å². The first-order valence-electron chi connectivity index (χ1n) is 5.78. The molecule has 21 heavy (non-hydrogen) atoms. The number of aromatic nitrogens is 2. The number of hydrogen-bond donors (Lipinski definition) is 0. The van der Waals surface area contributed by atoms with E-state index in [1.165, 1.54) is 6.26 Å². The number of hydrogen-bond acceptors (Lipinski definition) is 4. The maximum absolute atomic E-state index is 11.3. The summed E-state index contributed by atoms with van der Waals surface area (Å²) in [6, 6.07) is 5.90. The molecule has 0 N–H and O–H groups in total. The lowest BCUT2D eigenvalue weighted by atomic mass is 10.3. The lowest BCUT2D eigenvalue weighted by Crippen LogP contribution is -2.29. The van der Waals surface area contributed by atoms with Gasteiger partial charge in [-0.25, -0.2) is 4.79 Å². The largest absolute Gasteiger partial charge is 0.673 e. The van der Waals surface area contributed by atoms with Gasteiger partial charge in [0.05, 0.1) is 19.0 Å². The Morgan fingerprint density at radius 1 is 1.29 bits per heavy atom. The average Bonchev–Trinajstić information content (AvgIpc) is 2.88. The molecule has 2 rings (SSSR count). The molecule has 0 aromatic carbocycles. The Kier molecular flexibility index (Phi) is 5.88.